The third-order valence-corrected chi connectivity index (χ3v) is 19.2. The van der Waals surface area contributed by atoms with E-state index in [0.29, 0.717) is 92.4 Å². The minimum atomic E-state index is -1.08. The van der Waals surface area contributed by atoms with Gasteiger partial charge in [0.1, 0.15) is 71.1 Å². The van der Waals surface area contributed by atoms with Crippen LogP contribution in [-0.4, -0.2) is 110 Å². The molecule has 86 heavy (non-hydrogen) atoms. The normalized spacial score (nSPS) is 16.1. The number of anilines is 1. The van der Waals surface area contributed by atoms with Crippen LogP contribution in [-0.2, 0) is 44.8 Å². The highest BCUT2D eigenvalue weighted by molar-refractivity contribution is 7.15. The SMILES string of the molecule is CNC(=O)C[C@@H]1NC(=O)c2csc(n2)-c2ccc(-c3nc(NC(=O)CCCCC(=O)OC)cs3)nc2-c2csc(n2)-c2csc(n2)[C@H]([C@@H](OC(C)=O)c2ccccc2)NC(=O)CNC(=O)c2nc(sc2COC)[C@@H](C(C)C)CC(=O)c2nc1sc2C. The summed E-state index contributed by atoms with van der Waals surface area (Å²) in [6.45, 7) is 6.38. The van der Waals surface area contributed by atoms with Crippen LogP contribution < -0.4 is 26.6 Å². The van der Waals surface area contributed by atoms with Crippen molar-refractivity contribution in [1.82, 2.24) is 56.2 Å². The van der Waals surface area contributed by atoms with Gasteiger partial charge in [-0.1, -0.05) is 44.2 Å². The highest BCUT2D eigenvalue weighted by Gasteiger charge is 2.35. The minimum Gasteiger partial charge on any atom is -0.469 e. The Hall–Kier alpha value is -7.93. The highest BCUT2D eigenvalue weighted by Crippen LogP contribution is 2.41. The predicted molar refractivity (Wildman–Crippen MR) is 327 cm³/mol. The van der Waals surface area contributed by atoms with Gasteiger partial charge in [0.25, 0.3) is 11.8 Å². The topological polar surface area (TPSA) is 315 Å². The van der Waals surface area contributed by atoms with Crippen LogP contribution in [0.25, 0.3) is 43.4 Å². The maximum atomic E-state index is 14.4. The van der Waals surface area contributed by atoms with Gasteiger partial charge < -0.3 is 40.8 Å². The lowest BCUT2D eigenvalue weighted by Gasteiger charge is -2.26. The third-order valence-electron chi connectivity index (χ3n) is 13.4. The molecule has 0 aliphatic carbocycles. The fraction of sp³-hybridized carbons (Fsp3) is 0.351. The molecule has 1 aliphatic rings. The average Bonchev–Trinajstić information content (AvgIpc) is 2.06. The van der Waals surface area contributed by atoms with Gasteiger partial charge in [-0.05, 0) is 43.4 Å². The monoisotopic (exact) mass is 1280 g/mol. The summed E-state index contributed by atoms with van der Waals surface area (Å²) in [4.78, 5) is 143. The number of methoxy groups -OCH3 is 2. The van der Waals surface area contributed by atoms with E-state index in [1.165, 1.54) is 96.2 Å². The zero-order valence-corrected chi connectivity index (χ0v) is 52.4. The van der Waals surface area contributed by atoms with Gasteiger partial charge in [0.15, 0.2) is 11.9 Å². The number of benzene rings is 1. The number of esters is 2. The predicted octanol–water partition coefficient (Wildman–Crippen LogP) is 9.44. The van der Waals surface area contributed by atoms with E-state index in [0.717, 1.165) is 0 Å². The molecule has 0 spiro atoms. The van der Waals surface area contributed by atoms with E-state index in [4.69, 9.17) is 44.1 Å². The number of carbonyl (C=O) groups is 8. The lowest BCUT2D eigenvalue weighted by atomic mass is 9.90. The number of unbranched alkanes of at least 4 members (excludes halogenated alkanes) is 1. The summed E-state index contributed by atoms with van der Waals surface area (Å²) in [7, 11) is 4.27. The maximum Gasteiger partial charge on any atom is 0.305 e. The molecule has 1 aliphatic heterocycles. The van der Waals surface area contributed by atoms with Crippen LogP contribution in [0.15, 0.2) is 64.0 Å². The molecule has 5 N–H and O–H groups in total. The van der Waals surface area contributed by atoms with Gasteiger partial charge >= 0.3 is 11.9 Å². The number of thiazole rings is 6. The second kappa shape index (κ2) is 28.5. The molecule has 0 radical (unpaired) electrons. The molecule has 1 aromatic carbocycles. The Labute approximate surface area is 517 Å². The third kappa shape index (κ3) is 15.2. The number of carbonyl (C=O) groups excluding carboxylic acids is 8. The number of hydrogen-bond acceptors (Lipinski definition) is 24. The number of Topliss-reactive ketones (excluding diaryl/α,β-unsaturated/α-hetero) is 1. The van der Waals surface area contributed by atoms with Crippen LogP contribution in [0.3, 0.4) is 0 Å². The first-order chi connectivity index (χ1) is 41.4. The summed E-state index contributed by atoms with van der Waals surface area (Å²) in [5.41, 5.74) is 2.89. The molecule has 0 saturated carbocycles. The lowest BCUT2D eigenvalue weighted by molar-refractivity contribution is -0.149. The molecule has 5 amide bonds. The van der Waals surface area contributed by atoms with Crippen LogP contribution in [0.2, 0.25) is 0 Å². The Bertz CT molecular complexity index is 3810. The summed E-state index contributed by atoms with van der Waals surface area (Å²) in [5.74, 6) is -4.18. The van der Waals surface area contributed by atoms with E-state index in [1.54, 1.807) is 70.9 Å². The van der Waals surface area contributed by atoms with Crippen molar-refractivity contribution in [2.75, 3.05) is 33.1 Å². The van der Waals surface area contributed by atoms with E-state index >= 15 is 0 Å². The zero-order valence-electron chi connectivity index (χ0n) is 47.5. The van der Waals surface area contributed by atoms with Gasteiger partial charge in [-0.2, -0.15) is 0 Å². The van der Waals surface area contributed by atoms with Crippen molar-refractivity contribution in [3.63, 3.8) is 0 Å². The molecule has 23 nitrogen and oxygen atoms in total. The summed E-state index contributed by atoms with van der Waals surface area (Å²) in [6, 6.07) is 10.4. The van der Waals surface area contributed by atoms with Crippen molar-refractivity contribution in [3.05, 3.63) is 111 Å². The van der Waals surface area contributed by atoms with Crippen molar-refractivity contribution in [1.29, 1.82) is 0 Å². The molecular weight excluding hydrogens is 1220 g/mol. The van der Waals surface area contributed by atoms with Crippen molar-refractivity contribution >= 4 is 121 Å². The number of amides is 5. The Morgan fingerprint density at radius 2 is 1.41 bits per heavy atom. The first-order valence-electron chi connectivity index (χ1n) is 26.9. The first-order valence-corrected chi connectivity index (χ1v) is 32.1. The molecule has 8 aromatic rings. The van der Waals surface area contributed by atoms with Gasteiger partial charge in [-0.3, -0.25) is 38.4 Å². The molecule has 448 valence electrons. The number of nitrogens with one attached hydrogen (secondary N) is 5. The first kappa shape index (κ1) is 62.6. The molecule has 10 bridgehead atoms. The highest BCUT2D eigenvalue weighted by atomic mass is 32.1. The van der Waals surface area contributed by atoms with Gasteiger partial charge in [0.05, 0.1) is 48.3 Å². The van der Waals surface area contributed by atoms with Crippen LogP contribution >= 0.6 is 68.0 Å². The lowest BCUT2D eigenvalue weighted by Crippen LogP contribution is -2.41. The second-order valence-corrected chi connectivity index (χ2v) is 25.7. The van der Waals surface area contributed by atoms with E-state index in [-0.39, 0.29) is 78.9 Å². The number of pyridine rings is 1. The Morgan fingerprint density at radius 1 is 0.698 bits per heavy atom. The van der Waals surface area contributed by atoms with E-state index < -0.39 is 54.3 Å². The van der Waals surface area contributed by atoms with Gasteiger partial charge in [0.2, 0.25) is 17.7 Å². The number of fused-ring (bicyclic) bond motifs is 14. The molecule has 29 heteroatoms. The summed E-state index contributed by atoms with van der Waals surface area (Å²) in [6.07, 6.45) is 0.00314. The van der Waals surface area contributed by atoms with Crippen LogP contribution in [0.4, 0.5) is 5.82 Å². The number of ether oxygens (including phenoxy) is 3. The fourth-order valence-electron chi connectivity index (χ4n) is 9.06. The largest absolute Gasteiger partial charge is 0.469 e. The number of aryl methyl sites for hydroxylation is 1. The minimum absolute atomic E-state index is 0.0143. The molecule has 0 unspecified atom stereocenters. The standard InChI is InChI=1S/C57H58N12O11S6/c1-27(2)32-19-38(71)45-28(3)85-56(68-45)34(20-42(73)58-5)61-50(76)36-24-81-52(63-36)31-17-18-33(54-66-40(26-84-54)65-41(72)15-11-12-16-44(75)79-7)60-46(31)35-23-82-55(62-35)37-25-83-57(64-37)48(49(80-29(4)70)30-13-9-8-10-14-30)67-43(74)21-59-51(77)47-39(22-78-6)86-53(32)69-47/h8-10,13-14,17-18,23-27,32,34,48-49H,11-12,15-16,19-22H2,1-7H3,(H,58,73)(H,59,77)(H,61,76)(H,65,72)(H,67,74)/t32-,34+,48+,49+/m1/s1. The van der Waals surface area contributed by atoms with E-state index in [1.807, 2.05) is 13.8 Å². The number of ketones is 1. The molecule has 0 fully saturated rings. The Balaban J connectivity index is 1.12. The Morgan fingerprint density at radius 3 is 2.15 bits per heavy atom. The van der Waals surface area contributed by atoms with Gasteiger partial charge in [0, 0.05) is 78.2 Å². The van der Waals surface area contributed by atoms with E-state index in [9.17, 15) is 38.4 Å². The van der Waals surface area contributed by atoms with Crippen LogP contribution in [0.1, 0.15) is 145 Å². The summed E-state index contributed by atoms with van der Waals surface area (Å²) < 4.78 is 16.1. The van der Waals surface area contributed by atoms with Gasteiger partial charge in [-0.25, -0.2) is 34.9 Å². The number of aromatic nitrogens is 7. The Kier molecular flexibility index (Phi) is 20.8. The number of nitrogens with zero attached hydrogens (tertiary/aromatic N) is 7. The average molecular weight is 1280 g/mol. The van der Waals surface area contributed by atoms with Crippen molar-refractivity contribution in [2.45, 2.75) is 96.9 Å². The van der Waals surface area contributed by atoms with Crippen molar-refractivity contribution in [2.24, 2.45) is 5.92 Å². The molecular formula is C57H58N12O11S6. The van der Waals surface area contributed by atoms with Crippen molar-refractivity contribution in [3.8, 4) is 43.4 Å². The maximum absolute atomic E-state index is 14.4. The molecule has 8 heterocycles. The van der Waals surface area contributed by atoms with E-state index in [2.05, 4.69) is 31.6 Å². The van der Waals surface area contributed by atoms with Crippen LogP contribution in [0, 0.1) is 12.8 Å². The van der Waals surface area contributed by atoms with Crippen molar-refractivity contribution < 1.29 is 52.6 Å². The van der Waals surface area contributed by atoms with Gasteiger partial charge in [-0.15, -0.1) is 68.0 Å². The molecule has 9 rings (SSSR count). The number of hydrogen-bond donors (Lipinski definition) is 5. The van der Waals surface area contributed by atoms with Crippen LogP contribution in [0.5, 0.6) is 0 Å². The fourth-order valence-corrected chi connectivity index (χ4v) is 14.6. The summed E-state index contributed by atoms with van der Waals surface area (Å²) >= 11 is 7.28. The second-order valence-electron chi connectivity index (χ2n) is 19.9. The summed E-state index contributed by atoms with van der Waals surface area (Å²) in [5, 5.41) is 23.4. The molecule has 4 atom stereocenters. The zero-order chi connectivity index (χ0) is 61.2. The molecule has 7 aromatic heterocycles. The quantitative estimate of drug-likeness (QED) is 0.0471. The molecule has 0 saturated heterocycles. The smallest absolute Gasteiger partial charge is 0.305 e. The number of rotatable bonds is 15.